The van der Waals surface area contributed by atoms with Gasteiger partial charge in [-0.15, -0.1) is 0 Å². The first-order chi connectivity index (χ1) is 19.2. The lowest BCUT2D eigenvalue weighted by molar-refractivity contribution is -0.124. The second-order valence-corrected chi connectivity index (χ2v) is 9.94. The summed E-state index contributed by atoms with van der Waals surface area (Å²) in [6.45, 7) is 0. The maximum atomic E-state index is 12.3. The van der Waals surface area contributed by atoms with Gasteiger partial charge in [0, 0.05) is 31.4 Å². The summed E-state index contributed by atoms with van der Waals surface area (Å²) in [6, 6.07) is 0. The van der Waals surface area contributed by atoms with Crippen LogP contribution in [0, 0.1) is 5.92 Å². The van der Waals surface area contributed by atoms with Crippen LogP contribution < -0.4 is 10.6 Å². The Bertz CT molecular complexity index is 1230. The molecule has 9 nitrogen and oxygen atoms in total. The average molecular weight is 550 g/mol. The van der Waals surface area contributed by atoms with Gasteiger partial charge in [-0.05, 0) is 30.9 Å². The van der Waals surface area contributed by atoms with Gasteiger partial charge < -0.3 is 26.0 Å². The molecule has 0 bridgehead atoms. The van der Waals surface area contributed by atoms with Crippen LogP contribution in [-0.2, 0) is 19.2 Å². The Hall–Kier alpha value is -4.08. The highest BCUT2D eigenvalue weighted by atomic mass is 16.3. The maximum Gasteiger partial charge on any atom is 0.248 e. The smallest absolute Gasteiger partial charge is 0.248 e. The topological polar surface area (TPSA) is 153 Å². The van der Waals surface area contributed by atoms with Crippen molar-refractivity contribution >= 4 is 23.4 Å². The van der Waals surface area contributed by atoms with Crippen molar-refractivity contribution in [3.63, 3.8) is 0 Å². The number of allylic oxidation sites excluding steroid dienone is 12. The Morgan fingerprint density at radius 3 is 2.10 bits per heavy atom. The third kappa shape index (κ3) is 9.29. The van der Waals surface area contributed by atoms with Gasteiger partial charge in [0.1, 0.15) is 17.1 Å². The number of hydrogen-bond donors (Lipinski definition) is 5. The number of nitrogens with one attached hydrogen (secondary N) is 2. The molecule has 0 spiro atoms. The zero-order chi connectivity index (χ0) is 29.0. The van der Waals surface area contributed by atoms with Gasteiger partial charge >= 0.3 is 0 Å². The second-order valence-electron chi connectivity index (χ2n) is 9.94. The van der Waals surface area contributed by atoms with Crippen molar-refractivity contribution < 1.29 is 34.5 Å². The Kier molecular flexibility index (Phi) is 11.4. The molecular formula is C31H36N2O7. The van der Waals surface area contributed by atoms with Crippen LogP contribution in [0.1, 0.15) is 51.4 Å². The van der Waals surface area contributed by atoms with Gasteiger partial charge in [-0.25, -0.2) is 0 Å². The maximum absolute atomic E-state index is 12.3. The molecule has 2 atom stereocenters. The van der Waals surface area contributed by atoms with Crippen molar-refractivity contribution in [3.05, 3.63) is 96.1 Å². The van der Waals surface area contributed by atoms with E-state index in [0.29, 0.717) is 5.92 Å². The van der Waals surface area contributed by atoms with Crippen LogP contribution in [-0.4, -0.2) is 50.4 Å². The number of amides is 2. The Labute approximate surface area is 233 Å². The minimum absolute atomic E-state index is 0.0924. The molecule has 0 aliphatic heterocycles. The van der Waals surface area contributed by atoms with Crippen LogP contribution in [0.3, 0.4) is 0 Å². The molecule has 2 amide bonds. The van der Waals surface area contributed by atoms with Crippen LogP contribution in [0.25, 0.3) is 0 Å². The zero-order valence-corrected chi connectivity index (χ0v) is 22.3. The molecule has 212 valence electrons. The minimum Gasteiger partial charge on any atom is -0.510 e. The summed E-state index contributed by atoms with van der Waals surface area (Å²) in [4.78, 5) is 48.1. The van der Waals surface area contributed by atoms with E-state index in [1.807, 2.05) is 12.2 Å². The number of carbonyl (C=O) groups is 4. The third-order valence-electron chi connectivity index (χ3n) is 6.81. The Morgan fingerprint density at radius 2 is 1.45 bits per heavy atom. The van der Waals surface area contributed by atoms with E-state index in [0.717, 1.165) is 12.2 Å². The molecule has 0 aromatic heterocycles. The largest absolute Gasteiger partial charge is 0.510 e. The van der Waals surface area contributed by atoms with Gasteiger partial charge in [-0.1, -0.05) is 73.9 Å². The quantitative estimate of drug-likeness (QED) is 0.159. The van der Waals surface area contributed by atoms with E-state index in [-0.39, 0.29) is 42.2 Å². The van der Waals surface area contributed by atoms with Crippen LogP contribution in [0.4, 0.5) is 0 Å². The number of hydrogen-bond acceptors (Lipinski definition) is 7. The van der Waals surface area contributed by atoms with Gasteiger partial charge in [0.25, 0.3) is 0 Å². The fraction of sp³-hybridized carbons (Fsp3) is 0.355. The van der Waals surface area contributed by atoms with Gasteiger partial charge in [-0.2, -0.15) is 0 Å². The SMILES string of the molecule is O=C(/C=C/C=C/C=[13CH]/C1CCCCC1)NC1=C[C@@](O)(/C=C/C=C/C=C/C(=O)NC2=C(O)CCC2=O)[C@H](O)CC1=O. The van der Waals surface area contributed by atoms with E-state index >= 15 is 0 Å². The van der Waals surface area contributed by atoms with E-state index in [9.17, 15) is 34.5 Å². The predicted molar refractivity (Wildman–Crippen MR) is 150 cm³/mol. The van der Waals surface area contributed by atoms with Crippen molar-refractivity contribution in [2.45, 2.75) is 63.1 Å². The van der Waals surface area contributed by atoms with Crippen molar-refractivity contribution in [2.75, 3.05) is 0 Å². The molecule has 3 aliphatic carbocycles. The second kappa shape index (κ2) is 14.9. The number of ketones is 2. The number of aliphatic hydroxyl groups is 3. The van der Waals surface area contributed by atoms with E-state index < -0.39 is 29.3 Å². The fourth-order valence-electron chi connectivity index (χ4n) is 4.55. The van der Waals surface area contributed by atoms with Gasteiger partial charge in [-0.3, -0.25) is 19.2 Å². The molecule has 0 aromatic carbocycles. The molecule has 0 saturated heterocycles. The summed E-state index contributed by atoms with van der Waals surface area (Å²) in [7, 11) is 0. The molecule has 40 heavy (non-hydrogen) atoms. The lowest BCUT2D eigenvalue weighted by Crippen LogP contribution is -2.46. The summed E-state index contributed by atoms with van der Waals surface area (Å²) < 4.78 is 0. The Morgan fingerprint density at radius 1 is 0.825 bits per heavy atom. The third-order valence-corrected chi connectivity index (χ3v) is 6.81. The molecule has 0 unspecified atom stereocenters. The van der Waals surface area contributed by atoms with E-state index in [1.165, 1.54) is 68.6 Å². The first-order valence-electron chi connectivity index (χ1n) is 13.5. The van der Waals surface area contributed by atoms with Crippen molar-refractivity contribution in [2.24, 2.45) is 5.92 Å². The van der Waals surface area contributed by atoms with Gasteiger partial charge in [0.15, 0.2) is 11.6 Å². The molecular weight excluding hydrogens is 513 g/mol. The summed E-state index contributed by atoms with van der Waals surface area (Å²) in [6.07, 6.45) is 24.6. The average Bonchev–Trinajstić information content (AvgIpc) is 3.24. The van der Waals surface area contributed by atoms with Crippen LogP contribution in [0.2, 0.25) is 0 Å². The molecule has 3 rings (SSSR count). The molecule has 1 fully saturated rings. The summed E-state index contributed by atoms with van der Waals surface area (Å²) in [5, 5.41) is 35.5. The molecule has 3 aliphatic rings. The molecule has 0 aromatic rings. The number of Topliss-reactive ketones (excluding diaryl/α,β-unsaturated/α-hetero) is 2. The standard InChI is InChI=1S/C31H36N2O7/c34-24-17-18-25(35)30(24)33-29(39)16-10-3-4-11-19-31(40)21-23(26(36)20-27(31)37)32-28(38)15-9-2-1-6-12-22-13-7-5-8-14-22/h1-4,6,9-12,15-16,19,21-22,27,34,37,40H,5,7-8,13-14,17-18,20H2,(H,32,38)(H,33,39)/b2-1+,4-3+,12-6+,15-9+,16-10+,19-11+/t27-,31+/m1/s1/i12+1. The number of aliphatic hydroxyl groups excluding tert-OH is 2. The van der Waals surface area contributed by atoms with Crippen molar-refractivity contribution in [1.29, 1.82) is 0 Å². The monoisotopic (exact) mass is 549 g/mol. The number of carbonyl (C=O) groups excluding carboxylic acids is 4. The molecule has 9 heteroatoms. The first-order valence-corrected chi connectivity index (χ1v) is 13.5. The fourth-order valence-corrected chi connectivity index (χ4v) is 4.55. The normalized spacial score (nSPS) is 25.1. The summed E-state index contributed by atoms with van der Waals surface area (Å²) in [5.74, 6) is -1.50. The highest BCUT2D eigenvalue weighted by Crippen LogP contribution is 2.26. The van der Waals surface area contributed by atoms with Crippen LogP contribution in [0.15, 0.2) is 96.1 Å². The molecule has 0 radical (unpaired) electrons. The lowest BCUT2D eigenvalue weighted by Gasteiger charge is -2.31. The van der Waals surface area contributed by atoms with Gasteiger partial charge in [0.05, 0.1) is 11.8 Å². The van der Waals surface area contributed by atoms with E-state index in [2.05, 4.69) is 16.7 Å². The molecule has 0 heterocycles. The van der Waals surface area contributed by atoms with Crippen molar-refractivity contribution in [1.82, 2.24) is 10.6 Å². The molecule has 1 saturated carbocycles. The molecule has 5 N–H and O–H groups in total. The van der Waals surface area contributed by atoms with E-state index in [1.54, 1.807) is 12.2 Å². The Balaban J connectivity index is 1.51. The predicted octanol–water partition coefficient (Wildman–Crippen LogP) is 3.22. The highest BCUT2D eigenvalue weighted by Gasteiger charge is 2.38. The van der Waals surface area contributed by atoms with Crippen LogP contribution >= 0.6 is 0 Å². The summed E-state index contributed by atoms with van der Waals surface area (Å²) in [5.41, 5.74) is -2.11. The zero-order valence-electron chi connectivity index (χ0n) is 22.3. The van der Waals surface area contributed by atoms with E-state index in [4.69, 9.17) is 0 Å². The van der Waals surface area contributed by atoms with Crippen molar-refractivity contribution in [3.8, 4) is 0 Å². The van der Waals surface area contributed by atoms with Gasteiger partial charge in [0.2, 0.25) is 11.8 Å². The van der Waals surface area contributed by atoms with Crippen LogP contribution in [0.5, 0.6) is 0 Å². The first kappa shape index (κ1) is 30.5. The lowest BCUT2D eigenvalue weighted by atomic mass is 9.85. The summed E-state index contributed by atoms with van der Waals surface area (Å²) >= 11 is 0. The number of rotatable bonds is 10. The minimum atomic E-state index is -1.90. The highest BCUT2D eigenvalue weighted by molar-refractivity contribution is 6.03.